The average molecular weight is 198 g/mol. The smallest absolute Gasteiger partial charge is 0.128 e. The van der Waals surface area contributed by atoms with Crippen molar-refractivity contribution < 1.29 is 0 Å². The van der Waals surface area contributed by atoms with Crippen LogP contribution < -0.4 is 5.73 Å². The van der Waals surface area contributed by atoms with Crippen LogP contribution in [0.25, 0.3) is 0 Å². The van der Waals surface area contributed by atoms with Crippen LogP contribution in [0.4, 0.5) is 5.82 Å². The van der Waals surface area contributed by atoms with Gasteiger partial charge >= 0.3 is 0 Å². The summed E-state index contributed by atoms with van der Waals surface area (Å²) in [6, 6.07) is 9.47. The number of nitrogen functional groups attached to an aromatic ring is 1. The van der Waals surface area contributed by atoms with Gasteiger partial charge in [-0.25, -0.2) is 4.98 Å². The van der Waals surface area contributed by atoms with Gasteiger partial charge in [-0.15, -0.1) is 0 Å². The molecule has 0 unspecified atom stereocenters. The maximum absolute atomic E-state index is 8.84. The van der Waals surface area contributed by atoms with Crippen LogP contribution in [0.2, 0.25) is 0 Å². The van der Waals surface area contributed by atoms with Gasteiger partial charge in [0.25, 0.3) is 0 Å². The van der Waals surface area contributed by atoms with E-state index in [1.807, 2.05) is 29.0 Å². The van der Waals surface area contributed by atoms with Crippen LogP contribution in [0.15, 0.2) is 36.7 Å². The molecule has 0 radical (unpaired) electrons. The molecule has 0 aromatic carbocycles. The quantitative estimate of drug-likeness (QED) is 0.792. The molecule has 0 aliphatic rings. The predicted octanol–water partition coefficient (Wildman–Crippen LogP) is 1.39. The summed E-state index contributed by atoms with van der Waals surface area (Å²) in [5.74, 6) is 0.509. The summed E-state index contributed by atoms with van der Waals surface area (Å²) in [4.78, 5) is 4.00. The molecular weight excluding hydrogens is 188 g/mol. The Morgan fingerprint density at radius 1 is 1.40 bits per heavy atom. The number of rotatable bonds is 2. The molecule has 74 valence electrons. The Balaban J connectivity index is 2.31. The van der Waals surface area contributed by atoms with E-state index in [-0.39, 0.29) is 0 Å². The van der Waals surface area contributed by atoms with E-state index in [1.165, 1.54) is 0 Å². The van der Waals surface area contributed by atoms with Gasteiger partial charge in [0.05, 0.1) is 6.54 Å². The molecule has 2 N–H and O–H groups in total. The number of aromatic nitrogens is 2. The first-order chi connectivity index (χ1) is 7.31. The molecule has 2 aromatic rings. The van der Waals surface area contributed by atoms with Crippen LogP contribution in [0, 0.1) is 11.3 Å². The number of pyridine rings is 1. The molecule has 0 saturated heterocycles. The van der Waals surface area contributed by atoms with E-state index >= 15 is 0 Å². The van der Waals surface area contributed by atoms with Gasteiger partial charge in [-0.2, -0.15) is 5.26 Å². The van der Waals surface area contributed by atoms with E-state index in [1.54, 1.807) is 12.3 Å². The molecule has 4 nitrogen and oxygen atoms in total. The van der Waals surface area contributed by atoms with Crippen LogP contribution in [0.5, 0.6) is 0 Å². The summed E-state index contributed by atoms with van der Waals surface area (Å²) in [5, 5.41) is 8.84. The molecule has 0 bridgehead atoms. The van der Waals surface area contributed by atoms with Crippen LogP contribution >= 0.6 is 0 Å². The van der Waals surface area contributed by atoms with E-state index in [4.69, 9.17) is 11.0 Å². The largest absolute Gasteiger partial charge is 0.383 e. The molecule has 2 heterocycles. The van der Waals surface area contributed by atoms with Gasteiger partial charge in [-0.3, -0.25) is 0 Å². The second-order valence-electron chi connectivity index (χ2n) is 3.18. The normalized spacial score (nSPS) is 9.80. The lowest BCUT2D eigenvalue weighted by molar-refractivity contribution is 0.792. The lowest BCUT2D eigenvalue weighted by Gasteiger charge is -2.06. The third kappa shape index (κ3) is 1.81. The lowest BCUT2D eigenvalue weighted by Crippen LogP contribution is -2.04. The third-order valence-electron chi connectivity index (χ3n) is 2.21. The molecular formula is C11H10N4. The topological polar surface area (TPSA) is 67.6 Å². The molecule has 4 heteroatoms. The molecule has 0 aliphatic heterocycles. The van der Waals surface area contributed by atoms with Crippen LogP contribution in [-0.2, 0) is 6.54 Å². The molecule has 0 saturated carbocycles. The molecule has 0 amide bonds. The van der Waals surface area contributed by atoms with Crippen molar-refractivity contribution in [3.63, 3.8) is 0 Å². The number of hydrogen-bond donors (Lipinski definition) is 1. The molecule has 0 spiro atoms. The van der Waals surface area contributed by atoms with Crippen molar-refractivity contribution in [1.29, 1.82) is 5.26 Å². The van der Waals surface area contributed by atoms with Gasteiger partial charge < -0.3 is 10.3 Å². The van der Waals surface area contributed by atoms with Crippen molar-refractivity contribution in [2.24, 2.45) is 0 Å². The summed E-state index contributed by atoms with van der Waals surface area (Å²) in [7, 11) is 0. The Hall–Kier alpha value is -2.28. The van der Waals surface area contributed by atoms with Crippen molar-refractivity contribution in [3.8, 4) is 6.07 Å². The Labute approximate surface area is 87.6 Å². The first kappa shape index (κ1) is 9.28. The van der Waals surface area contributed by atoms with Crippen molar-refractivity contribution in [2.75, 3.05) is 5.73 Å². The van der Waals surface area contributed by atoms with Crippen molar-refractivity contribution in [1.82, 2.24) is 9.55 Å². The van der Waals surface area contributed by atoms with Crippen LogP contribution in [-0.4, -0.2) is 9.55 Å². The average Bonchev–Trinajstić information content (AvgIpc) is 2.69. The summed E-state index contributed by atoms with van der Waals surface area (Å²) in [5.41, 5.74) is 7.27. The number of nitrogens with two attached hydrogens (primary N) is 1. The number of anilines is 1. The Morgan fingerprint density at radius 3 is 3.00 bits per heavy atom. The standard InChI is InChI=1S/C11H10N4/c12-7-10-4-2-6-15(10)8-9-3-1-5-14-11(9)13/h1-6H,8H2,(H2,13,14). The Kier molecular flexibility index (Phi) is 2.38. The van der Waals surface area contributed by atoms with E-state index in [2.05, 4.69) is 11.1 Å². The zero-order valence-electron chi connectivity index (χ0n) is 8.09. The van der Waals surface area contributed by atoms with Crippen LogP contribution in [0.3, 0.4) is 0 Å². The summed E-state index contributed by atoms with van der Waals surface area (Å²) < 4.78 is 1.84. The first-order valence-corrected chi connectivity index (χ1v) is 4.56. The molecule has 2 rings (SSSR count). The Morgan fingerprint density at radius 2 is 2.27 bits per heavy atom. The highest BCUT2D eigenvalue weighted by Gasteiger charge is 2.03. The van der Waals surface area contributed by atoms with Crippen molar-refractivity contribution in [2.45, 2.75) is 6.54 Å². The number of nitriles is 1. The fourth-order valence-electron chi connectivity index (χ4n) is 1.42. The highest BCUT2D eigenvalue weighted by Crippen LogP contribution is 2.11. The Bertz CT molecular complexity index is 507. The van der Waals surface area contributed by atoms with Crippen LogP contribution in [0.1, 0.15) is 11.3 Å². The van der Waals surface area contributed by atoms with E-state index in [0.29, 0.717) is 18.1 Å². The molecule has 0 atom stereocenters. The maximum atomic E-state index is 8.84. The second-order valence-corrected chi connectivity index (χ2v) is 3.18. The highest BCUT2D eigenvalue weighted by molar-refractivity contribution is 5.39. The highest BCUT2D eigenvalue weighted by atomic mass is 15.0. The minimum Gasteiger partial charge on any atom is -0.383 e. The molecule has 2 aromatic heterocycles. The lowest BCUT2D eigenvalue weighted by atomic mass is 10.2. The van der Waals surface area contributed by atoms with Gasteiger partial charge in [-0.05, 0) is 18.2 Å². The maximum Gasteiger partial charge on any atom is 0.128 e. The minimum atomic E-state index is 0.509. The van der Waals surface area contributed by atoms with E-state index < -0.39 is 0 Å². The predicted molar refractivity (Wildman–Crippen MR) is 56.9 cm³/mol. The van der Waals surface area contributed by atoms with Gasteiger partial charge in [0.2, 0.25) is 0 Å². The third-order valence-corrected chi connectivity index (χ3v) is 2.21. The van der Waals surface area contributed by atoms with Gasteiger partial charge in [0.1, 0.15) is 17.6 Å². The summed E-state index contributed by atoms with van der Waals surface area (Å²) in [6.07, 6.45) is 3.50. The van der Waals surface area contributed by atoms with Gasteiger partial charge in [0.15, 0.2) is 0 Å². The fraction of sp³-hybridized carbons (Fsp3) is 0.0909. The number of nitrogens with zero attached hydrogens (tertiary/aromatic N) is 3. The van der Waals surface area contributed by atoms with E-state index in [9.17, 15) is 0 Å². The second kappa shape index (κ2) is 3.84. The monoisotopic (exact) mass is 198 g/mol. The van der Waals surface area contributed by atoms with Crippen molar-refractivity contribution >= 4 is 5.82 Å². The van der Waals surface area contributed by atoms with Gasteiger partial charge in [0, 0.05) is 18.0 Å². The summed E-state index contributed by atoms with van der Waals surface area (Å²) in [6.45, 7) is 0.579. The van der Waals surface area contributed by atoms with E-state index in [0.717, 1.165) is 5.56 Å². The SMILES string of the molecule is N#Cc1cccn1Cc1cccnc1N. The minimum absolute atomic E-state index is 0.509. The molecule has 15 heavy (non-hydrogen) atoms. The zero-order chi connectivity index (χ0) is 10.7. The van der Waals surface area contributed by atoms with Crippen molar-refractivity contribution in [3.05, 3.63) is 47.9 Å². The first-order valence-electron chi connectivity index (χ1n) is 4.56. The van der Waals surface area contributed by atoms with Gasteiger partial charge in [-0.1, -0.05) is 6.07 Å². The number of hydrogen-bond acceptors (Lipinski definition) is 3. The zero-order valence-corrected chi connectivity index (χ0v) is 8.09. The summed E-state index contributed by atoms with van der Waals surface area (Å²) >= 11 is 0. The molecule has 0 aliphatic carbocycles. The molecule has 0 fully saturated rings. The fourth-order valence-corrected chi connectivity index (χ4v) is 1.42.